The van der Waals surface area contributed by atoms with Crippen molar-refractivity contribution < 1.29 is 19.4 Å². The number of aliphatic carboxylic acids is 1. The smallest absolute Gasteiger partial charge is 0.317 e. The highest BCUT2D eigenvalue weighted by atomic mass is 16.5. The first-order valence-corrected chi connectivity index (χ1v) is 4.93. The van der Waals surface area contributed by atoms with Crippen molar-refractivity contribution in [3.8, 4) is 0 Å². The molecular formula is C12H16O4. The highest BCUT2D eigenvalue weighted by Crippen LogP contribution is 2.36. The number of carbonyl (C=O) groups is 1. The highest BCUT2D eigenvalue weighted by Gasteiger charge is 2.37. The maximum Gasteiger partial charge on any atom is 0.317 e. The number of carboxylic acids is 1. The third kappa shape index (κ3) is 2.27. The summed E-state index contributed by atoms with van der Waals surface area (Å²) in [6.07, 6.45) is 5.59. The van der Waals surface area contributed by atoms with Crippen LogP contribution < -0.4 is 0 Å². The second kappa shape index (κ2) is 4.88. The lowest BCUT2D eigenvalue weighted by molar-refractivity contribution is -0.143. The predicted molar refractivity (Wildman–Crippen MR) is 59.7 cm³/mol. The number of methoxy groups -OCH3 is 2. The molecule has 0 unspecified atom stereocenters. The minimum absolute atomic E-state index is 0.308. The van der Waals surface area contributed by atoms with Crippen LogP contribution in [0.3, 0.4) is 0 Å². The van der Waals surface area contributed by atoms with Crippen molar-refractivity contribution in [1.29, 1.82) is 0 Å². The lowest BCUT2D eigenvalue weighted by atomic mass is 9.80. The first-order valence-electron chi connectivity index (χ1n) is 4.93. The summed E-state index contributed by atoms with van der Waals surface area (Å²) in [4.78, 5) is 11.3. The largest absolute Gasteiger partial charge is 0.501 e. The normalized spacial score (nSPS) is 18.1. The zero-order valence-corrected chi connectivity index (χ0v) is 9.53. The lowest BCUT2D eigenvalue weighted by Crippen LogP contribution is -2.29. The molecule has 88 valence electrons. The van der Waals surface area contributed by atoms with Crippen LogP contribution in [-0.2, 0) is 14.3 Å². The minimum Gasteiger partial charge on any atom is -0.501 e. The molecule has 0 spiro atoms. The van der Waals surface area contributed by atoms with E-state index in [4.69, 9.17) is 9.47 Å². The van der Waals surface area contributed by atoms with Gasteiger partial charge in [0.15, 0.2) is 0 Å². The van der Waals surface area contributed by atoms with Crippen LogP contribution in [0.1, 0.15) is 12.8 Å². The Balaban J connectivity index is 3.17. The minimum atomic E-state index is -1.10. The molecule has 0 aromatic heterocycles. The molecule has 4 nitrogen and oxygen atoms in total. The van der Waals surface area contributed by atoms with Crippen LogP contribution in [0, 0.1) is 5.41 Å². The van der Waals surface area contributed by atoms with Crippen LogP contribution in [0.4, 0.5) is 0 Å². The Kier molecular flexibility index (Phi) is 3.77. The third-order valence-electron chi connectivity index (χ3n) is 2.59. The molecule has 1 aliphatic carbocycles. The van der Waals surface area contributed by atoms with Crippen molar-refractivity contribution in [2.45, 2.75) is 12.8 Å². The van der Waals surface area contributed by atoms with Crippen molar-refractivity contribution in [3.63, 3.8) is 0 Å². The van der Waals surface area contributed by atoms with E-state index in [0.29, 0.717) is 24.4 Å². The quantitative estimate of drug-likeness (QED) is 0.726. The summed E-state index contributed by atoms with van der Waals surface area (Å²) >= 11 is 0. The van der Waals surface area contributed by atoms with E-state index in [2.05, 4.69) is 6.58 Å². The average molecular weight is 224 g/mol. The third-order valence-corrected chi connectivity index (χ3v) is 2.59. The van der Waals surface area contributed by atoms with E-state index >= 15 is 0 Å². The van der Waals surface area contributed by atoms with E-state index in [1.807, 2.05) is 0 Å². The molecule has 0 amide bonds. The Bertz CT molecular complexity index is 332. The number of rotatable bonds is 5. The van der Waals surface area contributed by atoms with E-state index in [9.17, 15) is 9.90 Å². The molecule has 0 radical (unpaired) electrons. The highest BCUT2D eigenvalue weighted by molar-refractivity contribution is 5.80. The van der Waals surface area contributed by atoms with Crippen LogP contribution in [0.5, 0.6) is 0 Å². The molecule has 0 aromatic carbocycles. The van der Waals surface area contributed by atoms with Crippen molar-refractivity contribution in [2.75, 3.05) is 14.2 Å². The summed E-state index contributed by atoms with van der Waals surface area (Å²) in [5.41, 5.74) is -1.10. The number of hydrogen-bond acceptors (Lipinski definition) is 3. The van der Waals surface area contributed by atoms with Crippen molar-refractivity contribution >= 4 is 5.97 Å². The van der Waals surface area contributed by atoms with Gasteiger partial charge in [0, 0.05) is 0 Å². The van der Waals surface area contributed by atoms with Gasteiger partial charge in [-0.05, 0) is 18.6 Å². The van der Waals surface area contributed by atoms with Gasteiger partial charge in [0.2, 0.25) is 0 Å². The van der Waals surface area contributed by atoms with Gasteiger partial charge in [-0.2, -0.15) is 0 Å². The van der Waals surface area contributed by atoms with Gasteiger partial charge in [0.25, 0.3) is 0 Å². The Morgan fingerprint density at radius 2 is 2.00 bits per heavy atom. The molecule has 1 aliphatic rings. The summed E-state index contributed by atoms with van der Waals surface area (Å²) in [5, 5.41) is 9.30. The Morgan fingerprint density at radius 1 is 1.50 bits per heavy atom. The van der Waals surface area contributed by atoms with Crippen LogP contribution in [0.2, 0.25) is 0 Å². The van der Waals surface area contributed by atoms with Crippen molar-refractivity contribution in [1.82, 2.24) is 0 Å². The molecule has 0 heterocycles. The maximum atomic E-state index is 11.3. The maximum absolute atomic E-state index is 11.3. The molecule has 0 atom stereocenters. The van der Waals surface area contributed by atoms with E-state index < -0.39 is 11.4 Å². The molecule has 1 rings (SSSR count). The van der Waals surface area contributed by atoms with Gasteiger partial charge in [-0.25, -0.2) is 0 Å². The van der Waals surface area contributed by atoms with Crippen LogP contribution in [0.15, 0.2) is 36.3 Å². The van der Waals surface area contributed by atoms with Crippen LogP contribution in [0.25, 0.3) is 0 Å². The van der Waals surface area contributed by atoms with Gasteiger partial charge in [0.05, 0.1) is 20.6 Å². The molecule has 0 saturated heterocycles. The van der Waals surface area contributed by atoms with E-state index in [1.165, 1.54) is 14.2 Å². The summed E-state index contributed by atoms with van der Waals surface area (Å²) in [6, 6.07) is 0. The Hall–Kier alpha value is -1.71. The predicted octanol–water partition coefficient (Wildman–Crippen LogP) is 2.10. The molecule has 4 heteroatoms. The zero-order chi connectivity index (χ0) is 12.2. The molecule has 1 N–H and O–H groups in total. The van der Waals surface area contributed by atoms with E-state index in [0.717, 1.165) is 0 Å². The van der Waals surface area contributed by atoms with Crippen LogP contribution in [-0.4, -0.2) is 25.3 Å². The summed E-state index contributed by atoms with van der Waals surface area (Å²) in [5.74, 6) is 0.267. The second-order valence-electron chi connectivity index (χ2n) is 3.64. The summed E-state index contributed by atoms with van der Waals surface area (Å²) < 4.78 is 10.2. The van der Waals surface area contributed by atoms with Crippen molar-refractivity contribution in [2.24, 2.45) is 5.41 Å². The number of allylic oxidation sites excluding steroid dienone is 1. The van der Waals surface area contributed by atoms with Gasteiger partial charge in [0.1, 0.15) is 16.9 Å². The molecule has 16 heavy (non-hydrogen) atoms. The molecule has 0 aromatic rings. The van der Waals surface area contributed by atoms with E-state index in [1.54, 1.807) is 18.2 Å². The zero-order valence-electron chi connectivity index (χ0n) is 9.53. The first kappa shape index (κ1) is 12.4. The van der Waals surface area contributed by atoms with Gasteiger partial charge >= 0.3 is 5.97 Å². The lowest BCUT2D eigenvalue weighted by Gasteiger charge is -2.27. The molecule has 0 fully saturated rings. The second-order valence-corrected chi connectivity index (χ2v) is 3.64. The topological polar surface area (TPSA) is 55.8 Å². The van der Waals surface area contributed by atoms with Gasteiger partial charge in [-0.15, -0.1) is 6.58 Å². The van der Waals surface area contributed by atoms with Gasteiger partial charge in [-0.3, -0.25) is 4.79 Å². The number of carboxylic acid groups (broad SMARTS) is 1. The first-order chi connectivity index (χ1) is 7.57. The monoisotopic (exact) mass is 224 g/mol. The van der Waals surface area contributed by atoms with Gasteiger partial charge < -0.3 is 14.6 Å². The van der Waals surface area contributed by atoms with E-state index in [-0.39, 0.29) is 0 Å². The average Bonchev–Trinajstić information content (AvgIpc) is 2.28. The standard InChI is InChI=1S/C12H16O4/c1-4-5-12(11(13)14)7-9(15-2)6-10(8-12)16-3/h4,7-8H,1,5-6H2,2-3H3,(H,13,14). The Morgan fingerprint density at radius 3 is 2.31 bits per heavy atom. The number of ether oxygens (including phenoxy) is 2. The summed E-state index contributed by atoms with van der Waals surface area (Å²) in [7, 11) is 3.04. The summed E-state index contributed by atoms with van der Waals surface area (Å²) in [6.45, 7) is 3.58. The molecule has 0 bridgehead atoms. The van der Waals surface area contributed by atoms with Crippen LogP contribution >= 0.6 is 0 Å². The fourth-order valence-electron chi connectivity index (χ4n) is 1.72. The molecule has 0 saturated carbocycles. The van der Waals surface area contributed by atoms with Crippen molar-refractivity contribution in [3.05, 3.63) is 36.3 Å². The molecular weight excluding hydrogens is 208 g/mol. The number of hydrogen-bond donors (Lipinski definition) is 1. The SMILES string of the molecule is C=CCC1(C(=O)O)C=C(OC)CC(OC)=C1. The Labute approximate surface area is 94.9 Å². The fourth-order valence-corrected chi connectivity index (χ4v) is 1.72. The molecule has 0 aliphatic heterocycles. The fraction of sp³-hybridized carbons (Fsp3) is 0.417. The van der Waals surface area contributed by atoms with Gasteiger partial charge in [-0.1, -0.05) is 6.08 Å².